The van der Waals surface area contributed by atoms with Crippen molar-refractivity contribution in [3.63, 3.8) is 0 Å². The second kappa shape index (κ2) is 7.64. The molecule has 1 nitrogen and oxygen atoms in total. The Hall–Kier alpha value is -2.54. The summed E-state index contributed by atoms with van der Waals surface area (Å²) in [5.41, 5.74) is 8.53. The lowest BCUT2D eigenvalue weighted by atomic mass is 9.94. The SMILES string of the molecule is C=C(/C=C\C=C/NC)c1cc(-c2cc(C)cc(C)c2)ccc1C. The molecule has 2 aromatic rings. The summed E-state index contributed by atoms with van der Waals surface area (Å²) in [6.45, 7) is 10.6. The Kier molecular flexibility index (Phi) is 5.59. The van der Waals surface area contributed by atoms with Crippen LogP contribution < -0.4 is 5.32 Å². The van der Waals surface area contributed by atoms with Crippen LogP contribution in [0.5, 0.6) is 0 Å². The van der Waals surface area contributed by atoms with E-state index >= 15 is 0 Å². The average molecular weight is 303 g/mol. The number of rotatable bonds is 5. The van der Waals surface area contributed by atoms with E-state index in [0.717, 1.165) is 5.57 Å². The molecule has 0 spiro atoms. The lowest BCUT2D eigenvalue weighted by Gasteiger charge is -2.11. The zero-order valence-electron chi connectivity index (χ0n) is 14.5. The Balaban J connectivity index is 2.37. The third-order valence-corrected chi connectivity index (χ3v) is 3.81. The number of hydrogen-bond donors (Lipinski definition) is 1. The van der Waals surface area contributed by atoms with Crippen molar-refractivity contribution >= 4 is 5.57 Å². The predicted octanol–water partition coefficient (Wildman–Crippen LogP) is 5.58. The van der Waals surface area contributed by atoms with E-state index in [1.54, 1.807) is 0 Å². The van der Waals surface area contributed by atoms with Gasteiger partial charge in [-0.2, -0.15) is 0 Å². The van der Waals surface area contributed by atoms with Gasteiger partial charge in [-0.25, -0.2) is 0 Å². The first kappa shape index (κ1) is 16.8. The van der Waals surface area contributed by atoms with E-state index in [1.165, 1.54) is 33.4 Å². The molecule has 0 heterocycles. The van der Waals surface area contributed by atoms with Crippen molar-refractivity contribution in [3.8, 4) is 11.1 Å². The lowest BCUT2D eigenvalue weighted by Crippen LogP contribution is -1.90. The molecule has 0 saturated heterocycles. The minimum atomic E-state index is 1.02. The molecule has 118 valence electrons. The van der Waals surface area contributed by atoms with Crippen LogP contribution >= 0.6 is 0 Å². The molecule has 23 heavy (non-hydrogen) atoms. The van der Waals surface area contributed by atoms with Crippen LogP contribution in [0.2, 0.25) is 0 Å². The minimum Gasteiger partial charge on any atom is -0.394 e. The molecular weight excluding hydrogens is 278 g/mol. The highest BCUT2D eigenvalue weighted by Crippen LogP contribution is 2.28. The normalized spacial score (nSPS) is 11.3. The quantitative estimate of drug-likeness (QED) is 0.711. The van der Waals surface area contributed by atoms with Crippen LogP contribution in [0.1, 0.15) is 22.3 Å². The van der Waals surface area contributed by atoms with Crippen molar-refractivity contribution in [2.24, 2.45) is 0 Å². The number of benzene rings is 2. The lowest BCUT2D eigenvalue weighted by molar-refractivity contribution is 1.10. The molecule has 0 radical (unpaired) electrons. The van der Waals surface area contributed by atoms with Crippen LogP contribution in [0.3, 0.4) is 0 Å². The van der Waals surface area contributed by atoms with Gasteiger partial charge in [-0.15, -0.1) is 0 Å². The molecule has 0 unspecified atom stereocenters. The van der Waals surface area contributed by atoms with Crippen molar-refractivity contribution in [2.45, 2.75) is 20.8 Å². The summed E-state index contributed by atoms with van der Waals surface area (Å²) >= 11 is 0. The monoisotopic (exact) mass is 303 g/mol. The average Bonchev–Trinajstić information content (AvgIpc) is 2.51. The second-order valence-electron chi connectivity index (χ2n) is 5.94. The highest BCUT2D eigenvalue weighted by atomic mass is 14.8. The van der Waals surface area contributed by atoms with E-state index in [-0.39, 0.29) is 0 Å². The molecule has 0 aliphatic heterocycles. The van der Waals surface area contributed by atoms with Gasteiger partial charge in [0.1, 0.15) is 0 Å². The van der Waals surface area contributed by atoms with E-state index in [0.29, 0.717) is 0 Å². The molecule has 0 atom stereocenters. The largest absolute Gasteiger partial charge is 0.394 e. The van der Waals surface area contributed by atoms with Gasteiger partial charge < -0.3 is 5.32 Å². The highest BCUT2D eigenvalue weighted by molar-refractivity contribution is 5.78. The van der Waals surface area contributed by atoms with Gasteiger partial charge in [-0.3, -0.25) is 0 Å². The zero-order chi connectivity index (χ0) is 16.8. The molecule has 0 saturated carbocycles. The third-order valence-electron chi connectivity index (χ3n) is 3.81. The van der Waals surface area contributed by atoms with Crippen LogP contribution in [-0.2, 0) is 0 Å². The Bertz CT molecular complexity index is 743. The predicted molar refractivity (Wildman–Crippen MR) is 102 cm³/mol. The fraction of sp³-hybridized carbons (Fsp3) is 0.182. The zero-order valence-corrected chi connectivity index (χ0v) is 14.5. The minimum absolute atomic E-state index is 1.02. The van der Waals surface area contributed by atoms with Gasteiger partial charge in [0, 0.05) is 7.05 Å². The Labute approximate surface area is 140 Å². The molecule has 2 rings (SSSR count). The molecule has 0 aromatic heterocycles. The number of allylic oxidation sites excluding steroid dienone is 4. The molecule has 0 amide bonds. The fourth-order valence-electron chi connectivity index (χ4n) is 2.70. The number of aryl methyl sites for hydroxylation is 3. The van der Waals surface area contributed by atoms with Gasteiger partial charge in [0.15, 0.2) is 0 Å². The summed E-state index contributed by atoms with van der Waals surface area (Å²) < 4.78 is 0. The van der Waals surface area contributed by atoms with Gasteiger partial charge in [0.25, 0.3) is 0 Å². The van der Waals surface area contributed by atoms with Gasteiger partial charge in [0.2, 0.25) is 0 Å². The molecular formula is C22H25N. The molecule has 1 N–H and O–H groups in total. The Morgan fingerprint density at radius 1 is 0.913 bits per heavy atom. The van der Waals surface area contributed by atoms with Gasteiger partial charge in [-0.05, 0) is 66.9 Å². The summed E-state index contributed by atoms with van der Waals surface area (Å²) in [7, 11) is 1.89. The number of hydrogen-bond acceptors (Lipinski definition) is 1. The van der Waals surface area contributed by atoms with Crippen molar-refractivity contribution < 1.29 is 0 Å². The first-order valence-electron chi connectivity index (χ1n) is 7.90. The van der Waals surface area contributed by atoms with E-state index < -0.39 is 0 Å². The maximum absolute atomic E-state index is 4.21. The van der Waals surface area contributed by atoms with E-state index in [2.05, 4.69) is 69.1 Å². The summed E-state index contributed by atoms with van der Waals surface area (Å²) in [6.07, 6.45) is 7.90. The van der Waals surface area contributed by atoms with Crippen molar-refractivity contribution in [2.75, 3.05) is 7.05 Å². The molecule has 0 fully saturated rings. The van der Waals surface area contributed by atoms with Crippen LogP contribution in [0.4, 0.5) is 0 Å². The molecule has 0 bridgehead atoms. The Morgan fingerprint density at radius 3 is 2.26 bits per heavy atom. The first-order chi connectivity index (χ1) is 11.0. The van der Waals surface area contributed by atoms with Gasteiger partial charge in [0.05, 0.1) is 0 Å². The first-order valence-corrected chi connectivity index (χ1v) is 7.90. The van der Waals surface area contributed by atoms with Crippen molar-refractivity contribution in [1.82, 2.24) is 5.32 Å². The van der Waals surface area contributed by atoms with Crippen molar-refractivity contribution in [3.05, 3.63) is 89.7 Å². The standard InChI is InChI=1S/C22H25N/c1-16-12-17(2)14-21(13-16)20-10-9-19(4)22(15-20)18(3)8-6-7-11-23-5/h6-15,23H,3H2,1-2,4-5H3/b8-6-,11-7-. The molecule has 1 heteroatoms. The van der Waals surface area contributed by atoms with E-state index in [1.807, 2.05) is 31.5 Å². The van der Waals surface area contributed by atoms with Gasteiger partial charge in [-0.1, -0.05) is 60.2 Å². The number of nitrogens with one attached hydrogen (secondary N) is 1. The maximum atomic E-state index is 4.21. The Morgan fingerprint density at radius 2 is 1.61 bits per heavy atom. The van der Waals surface area contributed by atoms with Crippen molar-refractivity contribution in [1.29, 1.82) is 0 Å². The van der Waals surface area contributed by atoms with Crippen LogP contribution in [0, 0.1) is 20.8 Å². The summed E-state index contributed by atoms with van der Waals surface area (Å²) in [4.78, 5) is 0. The van der Waals surface area contributed by atoms with Gasteiger partial charge >= 0.3 is 0 Å². The summed E-state index contributed by atoms with van der Waals surface area (Å²) in [5.74, 6) is 0. The highest BCUT2D eigenvalue weighted by Gasteiger charge is 2.05. The smallest absolute Gasteiger partial charge is 0.00277 e. The summed E-state index contributed by atoms with van der Waals surface area (Å²) in [6, 6.07) is 13.3. The van der Waals surface area contributed by atoms with Crippen LogP contribution in [0.15, 0.2) is 67.4 Å². The van der Waals surface area contributed by atoms with Crippen LogP contribution in [0.25, 0.3) is 16.7 Å². The van der Waals surface area contributed by atoms with E-state index in [4.69, 9.17) is 0 Å². The third kappa shape index (κ3) is 4.46. The van der Waals surface area contributed by atoms with E-state index in [9.17, 15) is 0 Å². The fourth-order valence-corrected chi connectivity index (χ4v) is 2.70. The molecule has 0 aliphatic rings. The summed E-state index contributed by atoms with van der Waals surface area (Å²) in [5, 5.41) is 2.97. The molecule has 0 aliphatic carbocycles. The maximum Gasteiger partial charge on any atom is 0.00277 e. The topological polar surface area (TPSA) is 12.0 Å². The second-order valence-corrected chi connectivity index (χ2v) is 5.94. The van der Waals surface area contributed by atoms with Crippen LogP contribution in [-0.4, -0.2) is 7.05 Å². The molecule has 2 aromatic carbocycles.